The minimum absolute atomic E-state index is 0.0770. The van der Waals surface area contributed by atoms with Crippen LogP contribution in [0.15, 0.2) is 18.2 Å². The zero-order valence-electron chi connectivity index (χ0n) is 13.0. The Morgan fingerprint density at radius 2 is 2.05 bits per heavy atom. The van der Waals surface area contributed by atoms with Gasteiger partial charge in [-0.05, 0) is 37.9 Å². The second kappa shape index (κ2) is 7.31. The largest absolute Gasteiger partial charge is 0.493 e. The van der Waals surface area contributed by atoms with E-state index in [-0.39, 0.29) is 11.9 Å². The maximum Gasteiger partial charge on any atom is 0.244 e. The number of amides is 1. The Morgan fingerprint density at radius 1 is 1.29 bits per heavy atom. The van der Waals surface area contributed by atoms with E-state index in [0.29, 0.717) is 11.5 Å². The lowest BCUT2D eigenvalue weighted by molar-refractivity contribution is -0.121. The fourth-order valence-electron chi connectivity index (χ4n) is 2.63. The van der Waals surface area contributed by atoms with Gasteiger partial charge < -0.3 is 19.7 Å². The molecule has 1 aliphatic heterocycles. The lowest BCUT2D eigenvalue weighted by atomic mass is 10.0. The lowest BCUT2D eigenvalue weighted by Gasteiger charge is -2.33. The first-order chi connectivity index (χ1) is 10.2. The van der Waals surface area contributed by atoms with Gasteiger partial charge in [0.15, 0.2) is 11.5 Å². The summed E-state index contributed by atoms with van der Waals surface area (Å²) in [5.41, 5.74) is 0.862. The quantitative estimate of drug-likeness (QED) is 0.873. The molecular formula is C16H24N2O3. The summed E-state index contributed by atoms with van der Waals surface area (Å²) in [6.07, 6.45) is 2.93. The molecule has 1 aliphatic rings. The monoisotopic (exact) mass is 292 g/mol. The number of piperidine rings is 1. The summed E-state index contributed by atoms with van der Waals surface area (Å²) >= 11 is 0. The number of ether oxygens (including phenoxy) is 2. The van der Waals surface area contributed by atoms with Crippen LogP contribution in [0.4, 0.5) is 5.69 Å². The van der Waals surface area contributed by atoms with Gasteiger partial charge in [0.2, 0.25) is 5.91 Å². The second-order valence-corrected chi connectivity index (χ2v) is 5.18. The van der Waals surface area contributed by atoms with E-state index in [9.17, 15) is 4.79 Å². The average molecular weight is 292 g/mol. The summed E-state index contributed by atoms with van der Waals surface area (Å²) in [5.74, 6) is 1.46. The molecule has 1 unspecified atom stereocenters. The Bertz CT molecular complexity index is 490. The van der Waals surface area contributed by atoms with E-state index in [2.05, 4.69) is 12.2 Å². The zero-order valence-corrected chi connectivity index (χ0v) is 13.0. The van der Waals surface area contributed by atoms with E-state index in [1.807, 2.05) is 23.1 Å². The van der Waals surface area contributed by atoms with E-state index in [1.54, 1.807) is 14.2 Å². The SMILES string of the molecule is CCCNC1CCCN(c2ccc(OC)c(OC)c2)C1=O. The summed E-state index contributed by atoms with van der Waals surface area (Å²) in [6, 6.07) is 5.53. The second-order valence-electron chi connectivity index (χ2n) is 5.18. The number of rotatable bonds is 6. The van der Waals surface area contributed by atoms with Crippen molar-refractivity contribution in [1.29, 1.82) is 0 Å². The molecular weight excluding hydrogens is 268 g/mol. The number of hydrogen-bond acceptors (Lipinski definition) is 4. The van der Waals surface area contributed by atoms with Crippen molar-refractivity contribution in [2.24, 2.45) is 0 Å². The third kappa shape index (κ3) is 3.47. The number of benzene rings is 1. The third-order valence-electron chi connectivity index (χ3n) is 3.76. The van der Waals surface area contributed by atoms with Crippen LogP contribution in [-0.2, 0) is 4.79 Å². The average Bonchev–Trinajstić information content (AvgIpc) is 2.53. The molecule has 1 aromatic rings. The van der Waals surface area contributed by atoms with Gasteiger partial charge in [-0.15, -0.1) is 0 Å². The number of methoxy groups -OCH3 is 2. The number of anilines is 1. The fraction of sp³-hybridized carbons (Fsp3) is 0.562. The molecule has 1 aromatic carbocycles. The van der Waals surface area contributed by atoms with Gasteiger partial charge in [-0.25, -0.2) is 0 Å². The van der Waals surface area contributed by atoms with Crippen LogP contribution in [0.25, 0.3) is 0 Å². The van der Waals surface area contributed by atoms with Crippen molar-refractivity contribution in [3.63, 3.8) is 0 Å². The van der Waals surface area contributed by atoms with Crippen LogP contribution < -0.4 is 19.7 Å². The van der Waals surface area contributed by atoms with Crippen LogP contribution in [-0.4, -0.2) is 39.3 Å². The number of nitrogens with zero attached hydrogens (tertiary/aromatic N) is 1. The van der Waals surface area contributed by atoms with Gasteiger partial charge in [-0.2, -0.15) is 0 Å². The first-order valence-corrected chi connectivity index (χ1v) is 7.48. The molecule has 21 heavy (non-hydrogen) atoms. The summed E-state index contributed by atoms with van der Waals surface area (Å²) in [5, 5.41) is 3.32. The summed E-state index contributed by atoms with van der Waals surface area (Å²) in [7, 11) is 3.21. The lowest BCUT2D eigenvalue weighted by Crippen LogP contribution is -2.51. The smallest absolute Gasteiger partial charge is 0.244 e. The highest BCUT2D eigenvalue weighted by molar-refractivity contribution is 5.98. The first-order valence-electron chi connectivity index (χ1n) is 7.48. The fourth-order valence-corrected chi connectivity index (χ4v) is 2.63. The summed E-state index contributed by atoms with van der Waals surface area (Å²) < 4.78 is 10.6. The Labute approximate surface area is 126 Å². The standard InChI is InChI=1S/C16H24N2O3/c1-4-9-17-13-6-5-10-18(16(13)19)12-7-8-14(20-2)15(11-12)21-3/h7-8,11,13,17H,4-6,9-10H2,1-3H3. The molecule has 5 nitrogen and oxygen atoms in total. The van der Waals surface area contributed by atoms with Crippen LogP contribution >= 0.6 is 0 Å². The Morgan fingerprint density at radius 3 is 2.71 bits per heavy atom. The Hall–Kier alpha value is -1.75. The van der Waals surface area contributed by atoms with E-state index in [1.165, 1.54) is 0 Å². The van der Waals surface area contributed by atoms with Crippen molar-refractivity contribution in [3.05, 3.63) is 18.2 Å². The maximum absolute atomic E-state index is 12.6. The molecule has 0 saturated carbocycles. The third-order valence-corrected chi connectivity index (χ3v) is 3.76. The van der Waals surface area contributed by atoms with Crippen LogP contribution in [0.5, 0.6) is 11.5 Å². The van der Waals surface area contributed by atoms with E-state index in [0.717, 1.165) is 38.0 Å². The highest BCUT2D eigenvalue weighted by Crippen LogP contribution is 2.32. The van der Waals surface area contributed by atoms with Gasteiger partial charge in [-0.3, -0.25) is 4.79 Å². The molecule has 2 rings (SSSR count). The molecule has 5 heteroatoms. The zero-order chi connectivity index (χ0) is 15.2. The first kappa shape index (κ1) is 15.6. The molecule has 1 saturated heterocycles. The van der Waals surface area contributed by atoms with Gasteiger partial charge in [0.1, 0.15) is 0 Å². The number of carbonyl (C=O) groups is 1. The molecule has 0 aromatic heterocycles. The Kier molecular flexibility index (Phi) is 5.44. The van der Waals surface area contributed by atoms with Gasteiger partial charge in [0.05, 0.1) is 20.3 Å². The minimum Gasteiger partial charge on any atom is -0.493 e. The van der Waals surface area contributed by atoms with Gasteiger partial charge >= 0.3 is 0 Å². The molecule has 0 bridgehead atoms. The van der Waals surface area contributed by atoms with Crippen molar-refractivity contribution in [2.45, 2.75) is 32.2 Å². The summed E-state index contributed by atoms with van der Waals surface area (Å²) in [6.45, 7) is 3.72. The van der Waals surface area contributed by atoms with E-state index in [4.69, 9.17) is 9.47 Å². The molecule has 0 aliphatic carbocycles. The van der Waals surface area contributed by atoms with Crippen LogP contribution in [0.3, 0.4) is 0 Å². The highest BCUT2D eigenvalue weighted by atomic mass is 16.5. The molecule has 1 heterocycles. The number of nitrogens with one attached hydrogen (secondary N) is 1. The van der Waals surface area contributed by atoms with Gasteiger partial charge in [0.25, 0.3) is 0 Å². The van der Waals surface area contributed by atoms with Gasteiger partial charge in [-0.1, -0.05) is 6.92 Å². The topological polar surface area (TPSA) is 50.8 Å². The number of hydrogen-bond donors (Lipinski definition) is 1. The van der Waals surface area contributed by atoms with Crippen LogP contribution in [0.1, 0.15) is 26.2 Å². The molecule has 1 fully saturated rings. The molecule has 1 atom stereocenters. The molecule has 1 N–H and O–H groups in total. The predicted octanol–water partition coefficient (Wildman–Crippen LogP) is 2.20. The molecule has 1 amide bonds. The highest BCUT2D eigenvalue weighted by Gasteiger charge is 2.29. The van der Waals surface area contributed by atoms with Crippen LogP contribution in [0.2, 0.25) is 0 Å². The van der Waals surface area contributed by atoms with E-state index >= 15 is 0 Å². The number of carbonyl (C=O) groups excluding carboxylic acids is 1. The Balaban J connectivity index is 2.18. The van der Waals surface area contributed by atoms with Crippen LogP contribution in [0, 0.1) is 0 Å². The summed E-state index contributed by atoms with van der Waals surface area (Å²) in [4.78, 5) is 14.4. The normalized spacial score (nSPS) is 18.7. The molecule has 116 valence electrons. The van der Waals surface area contributed by atoms with E-state index < -0.39 is 0 Å². The van der Waals surface area contributed by atoms with Crippen molar-refractivity contribution in [1.82, 2.24) is 5.32 Å². The van der Waals surface area contributed by atoms with Crippen molar-refractivity contribution < 1.29 is 14.3 Å². The van der Waals surface area contributed by atoms with Crippen molar-refractivity contribution >= 4 is 11.6 Å². The molecule has 0 radical (unpaired) electrons. The van der Waals surface area contributed by atoms with Gasteiger partial charge in [0, 0.05) is 18.3 Å². The van der Waals surface area contributed by atoms with Crippen molar-refractivity contribution in [3.8, 4) is 11.5 Å². The minimum atomic E-state index is -0.0770. The molecule has 0 spiro atoms. The maximum atomic E-state index is 12.6. The predicted molar refractivity (Wildman–Crippen MR) is 83.2 cm³/mol. The van der Waals surface area contributed by atoms with Crippen molar-refractivity contribution in [2.75, 3.05) is 32.2 Å².